The molecule has 0 unspecified atom stereocenters. The third-order valence-electron chi connectivity index (χ3n) is 5.33. The highest BCUT2D eigenvalue weighted by molar-refractivity contribution is 8.00. The summed E-state index contributed by atoms with van der Waals surface area (Å²) in [5.74, 6) is 2.23. The van der Waals surface area contributed by atoms with Crippen LogP contribution in [0.3, 0.4) is 0 Å². The van der Waals surface area contributed by atoms with Crippen LogP contribution < -0.4 is 9.62 Å². The second kappa shape index (κ2) is 10.5. The molecule has 1 saturated heterocycles. The van der Waals surface area contributed by atoms with Gasteiger partial charge in [0.1, 0.15) is 5.82 Å². The van der Waals surface area contributed by atoms with Crippen molar-refractivity contribution < 1.29 is 0 Å². The molecule has 2 aromatic rings. The highest BCUT2D eigenvalue weighted by Gasteiger charge is 2.21. The molecule has 1 aliphatic rings. The van der Waals surface area contributed by atoms with Crippen LogP contribution >= 0.6 is 11.9 Å². The predicted octanol–water partition coefficient (Wildman–Crippen LogP) is 5.00. The molecule has 29 heavy (non-hydrogen) atoms. The molecule has 2 aromatic heterocycles. The maximum absolute atomic E-state index is 4.71. The third-order valence-corrected chi connectivity index (χ3v) is 6.20. The van der Waals surface area contributed by atoms with Gasteiger partial charge in [0.2, 0.25) is 0 Å². The van der Waals surface area contributed by atoms with Crippen molar-refractivity contribution >= 4 is 29.2 Å². The van der Waals surface area contributed by atoms with E-state index in [1.54, 1.807) is 11.9 Å². The van der Waals surface area contributed by atoms with Crippen molar-refractivity contribution in [3.05, 3.63) is 54.0 Å². The smallest absolute Gasteiger partial charge is 0.131 e. The fourth-order valence-corrected chi connectivity index (χ4v) is 4.30. The fraction of sp³-hybridized carbons (Fsp3) is 0.478. The first kappa shape index (κ1) is 21.5. The molecule has 1 aliphatic heterocycles. The number of aromatic nitrogens is 2. The average Bonchev–Trinajstić information content (AvgIpc) is 2.77. The molecular weight excluding hydrogens is 378 g/mol. The molecule has 0 atom stereocenters. The van der Waals surface area contributed by atoms with Gasteiger partial charge in [0, 0.05) is 38.1 Å². The highest BCUT2D eigenvalue weighted by atomic mass is 32.2. The molecule has 5 nitrogen and oxygen atoms in total. The van der Waals surface area contributed by atoms with Crippen LogP contribution in [0.4, 0.5) is 11.5 Å². The molecule has 0 bridgehead atoms. The molecule has 1 fully saturated rings. The fourth-order valence-electron chi connectivity index (χ4n) is 3.48. The average molecular weight is 412 g/mol. The van der Waals surface area contributed by atoms with Gasteiger partial charge in [0.25, 0.3) is 0 Å². The van der Waals surface area contributed by atoms with Crippen molar-refractivity contribution in [1.82, 2.24) is 14.9 Å². The Hall–Kier alpha value is -2.21. The number of nitrogens with zero attached hydrogens (tertiary/aromatic N) is 4. The van der Waals surface area contributed by atoms with Crippen LogP contribution in [0.5, 0.6) is 0 Å². The van der Waals surface area contributed by atoms with Gasteiger partial charge in [-0.15, -0.1) is 0 Å². The summed E-state index contributed by atoms with van der Waals surface area (Å²) >= 11 is 1.74. The zero-order chi connectivity index (χ0) is 20.6. The first-order chi connectivity index (χ1) is 14.1. The number of nitrogens with one attached hydrogen (secondary N) is 1. The van der Waals surface area contributed by atoms with Gasteiger partial charge in [-0.1, -0.05) is 44.9 Å². The lowest BCUT2D eigenvalue weighted by Gasteiger charge is -2.38. The number of pyridine rings is 2. The summed E-state index contributed by atoms with van der Waals surface area (Å²) in [6.07, 6.45) is 7.38. The Morgan fingerprint density at radius 2 is 1.93 bits per heavy atom. The summed E-state index contributed by atoms with van der Waals surface area (Å²) in [6.45, 7) is 14.6. The van der Waals surface area contributed by atoms with E-state index in [0.717, 1.165) is 61.2 Å². The van der Waals surface area contributed by atoms with Crippen molar-refractivity contribution in [2.24, 2.45) is 0 Å². The second-order valence-electron chi connectivity index (χ2n) is 7.49. The Labute approximate surface area is 179 Å². The largest absolute Gasteiger partial charge is 0.367 e. The van der Waals surface area contributed by atoms with Gasteiger partial charge < -0.3 is 14.5 Å². The second-order valence-corrected chi connectivity index (χ2v) is 8.40. The Bertz CT molecular complexity index is 797. The van der Waals surface area contributed by atoms with Crippen LogP contribution in [-0.4, -0.2) is 46.8 Å². The summed E-state index contributed by atoms with van der Waals surface area (Å²) in [5.41, 5.74) is 5.55. The lowest BCUT2D eigenvalue weighted by molar-refractivity contribution is 0.365. The topological polar surface area (TPSA) is 44.3 Å². The van der Waals surface area contributed by atoms with E-state index in [9.17, 15) is 0 Å². The van der Waals surface area contributed by atoms with E-state index in [4.69, 9.17) is 4.98 Å². The van der Waals surface area contributed by atoms with E-state index >= 15 is 0 Å². The van der Waals surface area contributed by atoms with Crippen LogP contribution in [0.1, 0.15) is 43.5 Å². The molecule has 3 rings (SSSR count). The lowest BCUT2D eigenvalue weighted by atomic mass is 10.1. The molecule has 3 heterocycles. The van der Waals surface area contributed by atoms with E-state index in [1.165, 1.54) is 24.0 Å². The minimum Gasteiger partial charge on any atom is -0.367 e. The Balaban J connectivity index is 1.53. The monoisotopic (exact) mass is 411 g/mol. The summed E-state index contributed by atoms with van der Waals surface area (Å²) in [6, 6.07) is 6.41. The zero-order valence-electron chi connectivity index (χ0n) is 17.9. The first-order valence-electron chi connectivity index (χ1n) is 10.6. The minimum atomic E-state index is 0.935. The molecular formula is C23H33N5S. The summed E-state index contributed by atoms with van der Waals surface area (Å²) < 4.78 is 3.36. The Morgan fingerprint density at radius 3 is 2.55 bits per heavy atom. The highest BCUT2D eigenvalue weighted by Crippen LogP contribution is 2.24. The maximum atomic E-state index is 4.71. The third kappa shape index (κ3) is 5.66. The summed E-state index contributed by atoms with van der Waals surface area (Å²) in [5, 5.41) is 0. The molecule has 1 N–H and O–H groups in total. The van der Waals surface area contributed by atoms with Crippen LogP contribution in [0.25, 0.3) is 5.70 Å². The number of hydrogen-bond donors (Lipinski definition) is 1. The van der Waals surface area contributed by atoms with Crippen molar-refractivity contribution in [3.8, 4) is 0 Å². The minimum absolute atomic E-state index is 0.935. The van der Waals surface area contributed by atoms with Gasteiger partial charge in [0.15, 0.2) is 0 Å². The van der Waals surface area contributed by atoms with Gasteiger partial charge in [-0.2, -0.15) is 0 Å². The van der Waals surface area contributed by atoms with E-state index in [0.29, 0.717) is 0 Å². The van der Waals surface area contributed by atoms with Gasteiger partial charge in [-0.05, 0) is 43.0 Å². The van der Waals surface area contributed by atoms with Crippen molar-refractivity contribution in [1.29, 1.82) is 0 Å². The normalized spacial score (nSPS) is 14.2. The quantitative estimate of drug-likeness (QED) is 0.463. The van der Waals surface area contributed by atoms with Gasteiger partial charge in [0.05, 0.1) is 23.3 Å². The first-order valence-corrected chi connectivity index (χ1v) is 11.6. The summed E-state index contributed by atoms with van der Waals surface area (Å²) in [4.78, 5) is 14.0. The molecule has 156 valence electrons. The SMILES string of the molecule is C=C(c1ccc(NSCCCC)cn1)N1CCN(c2ncc(CC)cc2C)CC1. The number of aryl methyl sites for hydroxylation is 2. The van der Waals surface area contributed by atoms with Crippen LogP contribution in [0.2, 0.25) is 0 Å². The maximum Gasteiger partial charge on any atom is 0.131 e. The molecule has 0 aliphatic carbocycles. The summed E-state index contributed by atoms with van der Waals surface area (Å²) in [7, 11) is 0. The number of hydrogen-bond acceptors (Lipinski definition) is 6. The Morgan fingerprint density at radius 1 is 1.14 bits per heavy atom. The predicted molar refractivity (Wildman–Crippen MR) is 126 cm³/mol. The molecule has 0 saturated carbocycles. The van der Waals surface area contributed by atoms with Crippen molar-refractivity contribution in [2.75, 3.05) is 41.6 Å². The van der Waals surface area contributed by atoms with E-state index < -0.39 is 0 Å². The van der Waals surface area contributed by atoms with Crippen LogP contribution in [0.15, 0.2) is 37.2 Å². The van der Waals surface area contributed by atoms with Gasteiger partial charge in [-0.3, -0.25) is 4.98 Å². The Kier molecular flexibility index (Phi) is 7.81. The van der Waals surface area contributed by atoms with E-state index in [2.05, 4.69) is 65.1 Å². The van der Waals surface area contributed by atoms with Crippen molar-refractivity contribution in [3.63, 3.8) is 0 Å². The zero-order valence-corrected chi connectivity index (χ0v) is 18.8. The number of unbranched alkanes of at least 4 members (excludes halogenated alkanes) is 1. The number of rotatable bonds is 9. The van der Waals surface area contributed by atoms with Gasteiger partial charge in [-0.25, -0.2) is 4.98 Å². The lowest BCUT2D eigenvalue weighted by Crippen LogP contribution is -2.46. The van der Waals surface area contributed by atoms with Crippen LogP contribution in [0, 0.1) is 6.92 Å². The molecule has 6 heteroatoms. The van der Waals surface area contributed by atoms with E-state index in [1.807, 2.05) is 12.4 Å². The molecule has 0 radical (unpaired) electrons. The molecule has 0 amide bonds. The standard InChI is InChI=1S/C23H33N5S/c1-5-7-14-29-26-21-8-9-22(24-17-21)19(4)27-10-12-28(13-11-27)23-18(3)15-20(6-2)16-25-23/h8-9,15-17,26H,4-7,10-14H2,1-3H3. The molecule has 0 spiro atoms. The number of anilines is 2. The van der Waals surface area contributed by atoms with Crippen LogP contribution in [-0.2, 0) is 6.42 Å². The molecule has 0 aromatic carbocycles. The van der Waals surface area contributed by atoms with Crippen molar-refractivity contribution in [2.45, 2.75) is 40.0 Å². The van der Waals surface area contributed by atoms with E-state index in [-0.39, 0.29) is 0 Å². The number of piperazine rings is 1. The van der Waals surface area contributed by atoms with Gasteiger partial charge >= 0.3 is 0 Å².